The van der Waals surface area contributed by atoms with E-state index in [1.54, 1.807) is 12.0 Å². The van der Waals surface area contributed by atoms with E-state index >= 15 is 0 Å². The van der Waals surface area contributed by atoms with E-state index in [1.807, 2.05) is 62.4 Å². The molecule has 162 valence electrons. The Morgan fingerprint density at radius 2 is 1.80 bits per heavy atom. The molecule has 2 aromatic carbocycles. The van der Waals surface area contributed by atoms with E-state index in [0.717, 1.165) is 35.3 Å². The lowest BCUT2D eigenvalue weighted by Crippen LogP contribution is -2.49. The summed E-state index contributed by atoms with van der Waals surface area (Å²) < 4.78 is 5.23. The number of benzene rings is 2. The number of carbonyl (C=O) groups is 2. The summed E-state index contributed by atoms with van der Waals surface area (Å²) in [5.41, 5.74) is 3.04. The zero-order valence-corrected chi connectivity index (χ0v) is 18.6. The van der Waals surface area contributed by atoms with Gasteiger partial charge in [0.25, 0.3) is 0 Å². The molecule has 30 heavy (non-hydrogen) atoms. The fourth-order valence-corrected chi connectivity index (χ4v) is 3.45. The van der Waals surface area contributed by atoms with Gasteiger partial charge in [-0.2, -0.15) is 0 Å². The van der Waals surface area contributed by atoms with Crippen molar-refractivity contribution < 1.29 is 14.3 Å². The van der Waals surface area contributed by atoms with E-state index in [0.29, 0.717) is 19.5 Å². The second-order valence-electron chi connectivity index (χ2n) is 7.60. The Morgan fingerprint density at radius 3 is 2.40 bits per heavy atom. The number of nitrogens with one attached hydrogen (secondary N) is 1. The molecule has 2 amide bonds. The summed E-state index contributed by atoms with van der Waals surface area (Å²) in [6.07, 6.45) is 2.78. The number of aryl methyl sites for hydroxylation is 1. The third kappa shape index (κ3) is 6.90. The lowest BCUT2D eigenvalue weighted by Gasteiger charge is -2.31. The Bertz CT molecular complexity index is 817. The standard InChI is InChI=1S/C25H34N2O3/c1-5-7-15-26-25(29)23(6-2)27(18-20-11-13-22(30-4)14-12-20)24(28)17-21-10-8-9-19(3)16-21/h8-14,16,23H,5-7,15,17-18H2,1-4H3,(H,26,29)/t23-/m0/s1. The Hall–Kier alpha value is -2.82. The second kappa shape index (κ2) is 12.0. The Morgan fingerprint density at radius 1 is 1.07 bits per heavy atom. The van der Waals surface area contributed by atoms with E-state index in [4.69, 9.17) is 4.74 Å². The molecule has 0 spiro atoms. The second-order valence-corrected chi connectivity index (χ2v) is 7.60. The summed E-state index contributed by atoms with van der Waals surface area (Å²) in [6.45, 7) is 7.07. The van der Waals surface area contributed by atoms with E-state index in [2.05, 4.69) is 12.2 Å². The van der Waals surface area contributed by atoms with Crippen molar-refractivity contribution in [1.29, 1.82) is 0 Å². The molecule has 0 aliphatic rings. The van der Waals surface area contributed by atoms with Gasteiger partial charge in [0.2, 0.25) is 11.8 Å². The summed E-state index contributed by atoms with van der Waals surface area (Å²) >= 11 is 0. The van der Waals surface area contributed by atoms with Crippen LogP contribution < -0.4 is 10.1 Å². The molecule has 2 rings (SSSR count). The molecule has 1 atom stereocenters. The summed E-state index contributed by atoms with van der Waals surface area (Å²) in [4.78, 5) is 27.9. The topological polar surface area (TPSA) is 58.6 Å². The molecule has 0 saturated carbocycles. The van der Waals surface area contributed by atoms with Gasteiger partial charge in [0.15, 0.2) is 0 Å². The van der Waals surface area contributed by atoms with Crippen molar-refractivity contribution in [3.8, 4) is 5.75 Å². The van der Waals surface area contributed by atoms with Crippen LogP contribution in [-0.2, 0) is 22.6 Å². The van der Waals surface area contributed by atoms with Crippen LogP contribution in [0.4, 0.5) is 0 Å². The van der Waals surface area contributed by atoms with Gasteiger partial charge in [0, 0.05) is 13.1 Å². The minimum atomic E-state index is -0.499. The van der Waals surface area contributed by atoms with Crippen LogP contribution >= 0.6 is 0 Å². The van der Waals surface area contributed by atoms with Gasteiger partial charge >= 0.3 is 0 Å². The van der Waals surface area contributed by atoms with E-state index in [-0.39, 0.29) is 18.2 Å². The number of methoxy groups -OCH3 is 1. The molecule has 0 aliphatic heterocycles. The van der Waals surface area contributed by atoms with Crippen molar-refractivity contribution in [1.82, 2.24) is 10.2 Å². The predicted octanol–water partition coefficient (Wildman–Crippen LogP) is 4.27. The molecule has 0 unspecified atom stereocenters. The van der Waals surface area contributed by atoms with Crippen LogP contribution in [0.15, 0.2) is 48.5 Å². The number of ether oxygens (including phenoxy) is 1. The molecule has 0 heterocycles. The number of rotatable bonds is 11. The van der Waals surface area contributed by atoms with Gasteiger partial charge < -0.3 is 15.0 Å². The first-order valence-corrected chi connectivity index (χ1v) is 10.7. The molecule has 0 bridgehead atoms. The molecule has 0 radical (unpaired) electrons. The molecule has 5 nitrogen and oxygen atoms in total. The summed E-state index contributed by atoms with van der Waals surface area (Å²) in [5, 5.41) is 2.99. The van der Waals surface area contributed by atoms with Gasteiger partial charge in [-0.15, -0.1) is 0 Å². The number of hydrogen-bond acceptors (Lipinski definition) is 3. The molecule has 0 aromatic heterocycles. The van der Waals surface area contributed by atoms with E-state index in [9.17, 15) is 9.59 Å². The van der Waals surface area contributed by atoms with Crippen LogP contribution in [0.1, 0.15) is 49.8 Å². The molecular weight excluding hydrogens is 376 g/mol. The molecule has 5 heteroatoms. The Balaban J connectivity index is 2.24. The van der Waals surface area contributed by atoms with Crippen molar-refractivity contribution in [3.05, 3.63) is 65.2 Å². The Kier molecular flexibility index (Phi) is 9.39. The molecular formula is C25H34N2O3. The third-order valence-electron chi connectivity index (χ3n) is 5.17. The first-order valence-electron chi connectivity index (χ1n) is 10.7. The highest BCUT2D eigenvalue weighted by atomic mass is 16.5. The average molecular weight is 411 g/mol. The quantitative estimate of drug-likeness (QED) is 0.563. The van der Waals surface area contributed by atoms with Gasteiger partial charge in [-0.1, -0.05) is 62.2 Å². The number of nitrogens with zero attached hydrogens (tertiary/aromatic N) is 1. The lowest BCUT2D eigenvalue weighted by molar-refractivity contribution is -0.140. The first-order chi connectivity index (χ1) is 14.5. The molecule has 2 aromatic rings. The molecule has 0 fully saturated rings. The predicted molar refractivity (Wildman–Crippen MR) is 120 cm³/mol. The van der Waals surface area contributed by atoms with Crippen molar-refractivity contribution in [2.24, 2.45) is 0 Å². The fourth-order valence-electron chi connectivity index (χ4n) is 3.45. The van der Waals surface area contributed by atoms with Gasteiger partial charge in [-0.25, -0.2) is 0 Å². The normalized spacial score (nSPS) is 11.6. The molecule has 1 N–H and O–H groups in total. The zero-order chi connectivity index (χ0) is 21.9. The zero-order valence-electron chi connectivity index (χ0n) is 18.6. The highest BCUT2D eigenvalue weighted by Gasteiger charge is 2.28. The van der Waals surface area contributed by atoms with Crippen LogP contribution in [-0.4, -0.2) is 36.4 Å². The fraction of sp³-hybridized carbons (Fsp3) is 0.440. The van der Waals surface area contributed by atoms with E-state index < -0.39 is 6.04 Å². The minimum Gasteiger partial charge on any atom is -0.497 e. The maximum atomic E-state index is 13.3. The highest BCUT2D eigenvalue weighted by Crippen LogP contribution is 2.18. The van der Waals surface area contributed by atoms with Crippen molar-refractivity contribution in [2.45, 2.75) is 59.0 Å². The largest absolute Gasteiger partial charge is 0.497 e. The van der Waals surface area contributed by atoms with Gasteiger partial charge in [0.05, 0.1) is 13.5 Å². The van der Waals surface area contributed by atoms with Crippen molar-refractivity contribution in [3.63, 3.8) is 0 Å². The van der Waals surface area contributed by atoms with Crippen LogP contribution in [0.2, 0.25) is 0 Å². The van der Waals surface area contributed by atoms with Gasteiger partial charge in [0.1, 0.15) is 11.8 Å². The summed E-state index contributed by atoms with van der Waals surface area (Å²) in [5.74, 6) is 0.631. The van der Waals surface area contributed by atoms with Crippen LogP contribution in [0, 0.1) is 6.92 Å². The van der Waals surface area contributed by atoms with Crippen LogP contribution in [0.5, 0.6) is 5.75 Å². The summed E-state index contributed by atoms with van der Waals surface area (Å²) in [6, 6.07) is 15.1. The minimum absolute atomic E-state index is 0.0473. The third-order valence-corrected chi connectivity index (χ3v) is 5.17. The van der Waals surface area contributed by atoms with Gasteiger partial charge in [-0.05, 0) is 43.0 Å². The molecule has 0 aliphatic carbocycles. The lowest BCUT2D eigenvalue weighted by atomic mass is 10.1. The van der Waals surface area contributed by atoms with Gasteiger partial charge in [-0.3, -0.25) is 9.59 Å². The average Bonchev–Trinajstić information content (AvgIpc) is 2.74. The number of unbranched alkanes of at least 4 members (excludes halogenated alkanes) is 1. The van der Waals surface area contributed by atoms with Crippen LogP contribution in [0.25, 0.3) is 0 Å². The number of hydrogen-bond donors (Lipinski definition) is 1. The number of carbonyl (C=O) groups excluding carboxylic acids is 2. The van der Waals surface area contributed by atoms with Crippen molar-refractivity contribution >= 4 is 11.8 Å². The first kappa shape index (κ1) is 23.5. The number of amides is 2. The Labute approximate surface area is 180 Å². The highest BCUT2D eigenvalue weighted by molar-refractivity contribution is 5.88. The summed E-state index contributed by atoms with van der Waals surface area (Å²) in [7, 11) is 1.63. The monoisotopic (exact) mass is 410 g/mol. The molecule has 0 saturated heterocycles. The van der Waals surface area contributed by atoms with Crippen molar-refractivity contribution in [2.75, 3.05) is 13.7 Å². The van der Waals surface area contributed by atoms with Crippen LogP contribution in [0.3, 0.4) is 0 Å². The maximum Gasteiger partial charge on any atom is 0.242 e. The van der Waals surface area contributed by atoms with E-state index in [1.165, 1.54) is 0 Å². The maximum absolute atomic E-state index is 13.3. The smallest absolute Gasteiger partial charge is 0.242 e. The SMILES string of the molecule is CCCCNC(=O)[C@H](CC)N(Cc1ccc(OC)cc1)C(=O)Cc1cccc(C)c1.